The van der Waals surface area contributed by atoms with E-state index in [1.54, 1.807) is 6.07 Å². The number of nitro benzene ring substituents is 1. The first kappa shape index (κ1) is 16.1. The van der Waals surface area contributed by atoms with Crippen molar-refractivity contribution in [2.75, 3.05) is 11.9 Å². The Labute approximate surface area is 130 Å². The van der Waals surface area contributed by atoms with Gasteiger partial charge in [0, 0.05) is 17.8 Å². The van der Waals surface area contributed by atoms with Crippen LogP contribution in [0, 0.1) is 15.9 Å². The molecule has 2 rings (SSSR count). The van der Waals surface area contributed by atoms with Crippen molar-refractivity contribution in [3.8, 4) is 0 Å². The summed E-state index contributed by atoms with van der Waals surface area (Å²) in [6.45, 7) is -0.380. The highest BCUT2D eigenvalue weighted by Crippen LogP contribution is 2.16. The lowest BCUT2D eigenvalue weighted by Gasteiger charge is -2.03. The number of carbonyl (C=O) groups excluding carboxylic acids is 1. The van der Waals surface area contributed by atoms with Crippen molar-refractivity contribution in [2.45, 2.75) is 0 Å². The second-order valence-electron chi connectivity index (χ2n) is 4.42. The first-order valence-corrected chi connectivity index (χ1v) is 6.50. The van der Waals surface area contributed by atoms with Crippen molar-refractivity contribution in [1.82, 2.24) is 0 Å². The SMILES string of the molecule is O=C(CO/N=C\c1cccc(F)c1)Nc1cccc([N+](=O)[O-])c1. The lowest BCUT2D eigenvalue weighted by atomic mass is 10.2. The highest BCUT2D eigenvalue weighted by molar-refractivity contribution is 5.92. The number of rotatable bonds is 6. The van der Waals surface area contributed by atoms with E-state index in [-0.39, 0.29) is 18.0 Å². The molecule has 7 nitrogen and oxygen atoms in total. The molecule has 0 aliphatic rings. The molecule has 2 aromatic rings. The molecule has 0 fully saturated rings. The fraction of sp³-hybridized carbons (Fsp3) is 0.0667. The molecule has 0 unspecified atom stereocenters. The maximum Gasteiger partial charge on any atom is 0.271 e. The fourth-order valence-electron chi connectivity index (χ4n) is 1.68. The van der Waals surface area contributed by atoms with Crippen molar-refractivity contribution in [2.24, 2.45) is 5.16 Å². The predicted octanol–water partition coefficient (Wildman–Crippen LogP) is 2.72. The minimum absolute atomic E-state index is 0.132. The molecule has 0 aliphatic carbocycles. The number of carbonyl (C=O) groups is 1. The van der Waals surface area contributed by atoms with Gasteiger partial charge >= 0.3 is 0 Å². The quantitative estimate of drug-likeness (QED) is 0.503. The largest absolute Gasteiger partial charge is 0.386 e. The van der Waals surface area contributed by atoms with Crippen molar-refractivity contribution >= 4 is 23.5 Å². The third kappa shape index (κ3) is 5.20. The van der Waals surface area contributed by atoms with E-state index in [1.807, 2.05) is 0 Å². The Hall–Kier alpha value is -3.29. The van der Waals surface area contributed by atoms with E-state index in [2.05, 4.69) is 10.5 Å². The first-order chi connectivity index (χ1) is 11.0. The predicted molar refractivity (Wildman–Crippen MR) is 81.7 cm³/mol. The lowest BCUT2D eigenvalue weighted by molar-refractivity contribution is -0.384. The van der Waals surface area contributed by atoms with E-state index in [9.17, 15) is 19.3 Å². The van der Waals surface area contributed by atoms with E-state index in [0.717, 1.165) is 0 Å². The van der Waals surface area contributed by atoms with E-state index >= 15 is 0 Å². The maximum atomic E-state index is 12.9. The standard InChI is InChI=1S/C15H12FN3O4/c16-12-4-1-3-11(7-12)9-17-23-10-15(20)18-13-5-2-6-14(8-13)19(21)22/h1-9H,10H2,(H,18,20)/b17-9-. The van der Waals surface area contributed by atoms with E-state index < -0.39 is 16.6 Å². The molecule has 0 bridgehead atoms. The van der Waals surface area contributed by atoms with Crippen molar-refractivity contribution in [3.63, 3.8) is 0 Å². The van der Waals surface area contributed by atoms with Gasteiger partial charge < -0.3 is 10.2 Å². The average molecular weight is 317 g/mol. The van der Waals surface area contributed by atoms with Gasteiger partial charge in [-0.25, -0.2) is 4.39 Å². The molecule has 1 N–H and O–H groups in total. The number of anilines is 1. The van der Waals surface area contributed by atoms with Crippen LogP contribution in [0.15, 0.2) is 53.7 Å². The normalized spacial score (nSPS) is 10.5. The number of oxime groups is 1. The smallest absolute Gasteiger partial charge is 0.271 e. The summed E-state index contributed by atoms with van der Waals surface area (Å²) < 4.78 is 12.9. The molecule has 8 heteroatoms. The Kier molecular flexibility index (Phi) is 5.35. The van der Waals surface area contributed by atoms with Gasteiger partial charge in [0.05, 0.1) is 11.1 Å². The molecule has 1 amide bonds. The van der Waals surface area contributed by atoms with Crippen LogP contribution in [0.5, 0.6) is 0 Å². The van der Waals surface area contributed by atoms with Crippen molar-refractivity contribution in [1.29, 1.82) is 0 Å². The van der Waals surface area contributed by atoms with Crippen LogP contribution in [0.4, 0.5) is 15.8 Å². The molecular formula is C15H12FN3O4. The highest BCUT2D eigenvalue weighted by atomic mass is 19.1. The number of hydrogen-bond acceptors (Lipinski definition) is 5. The molecule has 118 valence electrons. The summed E-state index contributed by atoms with van der Waals surface area (Å²) in [6, 6.07) is 11.2. The van der Waals surface area contributed by atoms with Gasteiger partial charge in [-0.2, -0.15) is 0 Å². The monoisotopic (exact) mass is 317 g/mol. The Balaban J connectivity index is 1.83. The van der Waals surface area contributed by atoms with Crippen molar-refractivity contribution < 1.29 is 18.9 Å². The second kappa shape index (κ2) is 7.64. The summed E-state index contributed by atoms with van der Waals surface area (Å²) in [4.78, 5) is 26.5. The third-order valence-corrected chi connectivity index (χ3v) is 2.66. The summed E-state index contributed by atoms with van der Waals surface area (Å²) in [7, 11) is 0. The van der Waals surface area contributed by atoms with Crippen LogP contribution in [0.2, 0.25) is 0 Å². The van der Waals surface area contributed by atoms with Gasteiger partial charge in [-0.1, -0.05) is 23.4 Å². The number of hydrogen-bond donors (Lipinski definition) is 1. The van der Waals surface area contributed by atoms with Crippen LogP contribution >= 0.6 is 0 Å². The lowest BCUT2D eigenvalue weighted by Crippen LogP contribution is -2.17. The topological polar surface area (TPSA) is 93.8 Å². The van der Waals surface area contributed by atoms with Gasteiger partial charge in [0.25, 0.3) is 11.6 Å². The molecule has 0 aliphatic heterocycles. The van der Waals surface area contributed by atoms with Gasteiger partial charge in [-0.15, -0.1) is 0 Å². The molecule has 2 aromatic carbocycles. The molecule has 0 spiro atoms. The molecule has 0 aromatic heterocycles. The number of non-ortho nitro benzene ring substituents is 1. The molecule has 0 atom stereocenters. The second-order valence-corrected chi connectivity index (χ2v) is 4.42. The molecule has 23 heavy (non-hydrogen) atoms. The van der Waals surface area contributed by atoms with Crippen LogP contribution in [0.1, 0.15) is 5.56 Å². The number of nitrogens with zero attached hydrogens (tertiary/aromatic N) is 2. The molecule has 0 radical (unpaired) electrons. The number of nitro groups is 1. The summed E-state index contributed by atoms with van der Waals surface area (Å²) >= 11 is 0. The summed E-state index contributed by atoms with van der Waals surface area (Å²) in [5.74, 6) is -0.931. The van der Waals surface area contributed by atoms with Gasteiger partial charge in [0.2, 0.25) is 0 Å². The van der Waals surface area contributed by atoms with Gasteiger partial charge in [-0.05, 0) is 23.8 Å². The minimum atomic E-state index is -0.560. The molecule has 0 heterocycles. The molecule has 0 saturated carbocycles. The van der Waals surface area contributed by atoms with Crippen LogP contribution in [-0.4, -0.2) is 23.7 Å². The zero-order chi connectivity index (χ0) is 16.7. The Morgan fingerprint density at radius 1 is 1.30 bits per heavy atom. The molecule has 0 saturated heterocycles. The Morgan fingerprint density at radius 3 is 2.83 bits per heavy atom. The number of nitrogens with one attached hydrogen (secondary N) is 1. The van der Waals surface area contributed by atoms with Crippen molar-refractivity contribution in [3.05, 3.63) is 70.0 Å². The van der Waals surface area contributed by atoms with E-state index in [0.29, 0.717) is 5.56 Å². The zero-order valence-electron chi connectivity index (χ0n) is 11.8. The summed E-state index contributed by atoms with van der Waals surface area (Å²) in [5.41, 5.74) is 0.638. The van der Waals surface area contributed by atoms with Crippen LogP contribution in [-0.2, 0) is 9.63 Å². The van der Waals surface area contributed by atoms with Crippen LogP contribution < -0.4 is 5.32 Å². The number of benzene rings is 2. The van der Waals surface area contributed by atoms with Crippen LogP contribution in [0.3, 0.4) is 0 Å². The van der Waals surface area contributed by atoms with Crippen LogP contribution in [0.25, 0.3) is 0 Å². The minimum Gasteiger partial charge on any atom is -0.386 e. The number of halogens is 1. The maximum absolute atomic E-state index is 12.9. The summed E-state index contributed by atoms with van der Waals surface area (Å²) in [5, 5.41) is 16.6. The zero-order valence-corrected chi connectivity index (χ0v) is 11.8. The Morgan fingerprint density at radius 2 is 2.09 bits per heavy atom. The van der Waals surface area contributed by atoms with Gasteiger partial charge in [0.15, 0.2) is 6.61 Å². The van der Waals surface area contributed by atoms with Gasteiger partial charge in [-0.3, -0.25) is 14.9 Å². The average Bonchev–Trinajstić information content (AvgIpc) is 2.52. The van der Waals surface area contributed by atoms with E-state index in [1.165, 1.54) is 48.7 Å². The molecular weight excluding hydrogens is 305 g/mol. The van der Waals surface area contributed by atoms with Gasteiger partial charge in [0.1, 0.15) is 5.82 Å². The number of amides is 1. The Bertz CT molecular complexity index is 749. The fourth-order valence-corrected chi connectivity index (χ4v) is 1.68. The summed E-state index contributed by atoms with van der Waals surface area (Å²) in [6.07, 6.45) is 1.27. The first-order valence-electron chi connectivity index (χ1n) is 6.50. The highest BCUT2D eigenvalue weighted by Gasteiger charge is 2.08. The third-order valence-electron chi connectivity index (χ3n) is 2.66. The van der Waals surface area contributed by atoms with E-state index in [4.69, 9.17) is 4.84 Å².